The minimum Gasteiger partial charge on any atom is -0.0653 e. The Morgan fingerprint density at radius 1 is 0.757 bits per heavy atom. The molecule has 574 valence electrons. The number of methoxy groups -OCH3 is 1. The van der Waals surface area contributed by atoms with Crippen LogP contribution in [0.15, 0.2) is 59.7 Å². The Hall–Kier alpha value is -5.79. The number of esters is 6. The minimum absolute atomic E-state index is 0.0813. The zero-order chi connectivity index (χ0) is 75.2. The van der Waals surface area contributed by atoms with Crippen LogP contribution >= 0.6 is 9.12 Å². The fourth-order valence-corrected chi connectivity index (χ4v) is 12.5. The van der Waals surface area contributed by atoms with Crippen molar-refractivity contribution in [2.45, 2.75) is 288 Å². The number of azide groups is 1. The zero-order valence-electron chi connectivity index (χ0n) is 61.3. The van der Waals surface area contributed by atoms with Crippen LogP contribution in [-0.2, 0) is 116 Å². The summed E-state index contributed by atoms with van der Waals surface area (Å²) in [5.74, 6) is -8.75. The zero-order valence-corrected chi connectivity index (χ0v) is 62.4. The molecule has 0 saturated carbocycles. The van der Waals surface area contributed by atoms with E-state index < -0.39 is 183 Å². The number of rotatable bonds is 43. The molecule has 21 atom stereocenters. The Morgan fingerprint density at radius 2 is 1.43 bits per heavy atom. The Balaban J connectivity index is 1.63. The molecule has 4 fully saturated rings. The maximum atomic E-state index is 14.7. The van der Waals surface area contributed by atoms with Crippen LogP contribution in [-0.4, -0.2) is 234 Å². The smallest absolute Gasteiger partial charge is 0.0653 e. The SMILES string of the molecule is CCCCO[C@@H](CO)C[C@@H](OB=BP)C(O[C@H]1OC([C@H](CC)OCCCC)CC(OC(=O)c2ccccc2)C1O[C@H]1OC(COC(C)=O)[C@@H](OC(C)=O)[C@@H](OC(C)=O)C1N=[N+]=[N-])[C@@H](OC(C)=O)[C@H](O)O[C@H]1C([C@H]2COC(C)(C)O2)O[C@@](Oc2ccc(CCCC)cc2)(C(=O)OC)C[C@H]1OCCCC. The summed E-state index contributed by atoms with van der Waals surface area (Å²) in [7, 11) is 4.82. The molecule has 0 aliphatic carbocycles. The minimum atomic E-state index is -2.37. The number of benzene rings is 2. The third-order valence-corrected chi connectivity index (χ3v) is 17.6. The molecule has 0 radical (unpaired) electrons. The van der Waals surface area contributed by atoms with Gasteiger partial charge in [-0.2, -0.15) is 0 Å². The first-order chi connectivity index (χ1) is 49.4. The van der Waals surface area contributed by atoms with Gasteiger partial charge < -0.3 is 5.53 Å². The standard InChI is InChI=1S/C70H106B2N3O27P/c1-13-18-25-45-28-30-47(31-29-45)99-70(68(83)84-12)37-53(87-34-21-16-4)58(60(101-70)55-40-89-69(10,11)100-55)96-65(82)63(92-44(9)80)57(52(102-71-72-103)35-48(38-76)85-32-19-14-2)97-67-61(51(93-64(81)46-26-23-22-24-27-46)36-50(94-67)49(17-5)86-33-20-15-3)98-66-56(74-75-73)62(91-43(8)79)59(90-42(7)78)54(95-66)39-88-41(6)77/h22-24,26-31,48-63,65-67,76,82H,13-21,25,32-40,103H2,1-12H3/t48-,49+,50?,51?,52-,53-,54?,55-,56?,57?,58-,59-,60?,61?,62+,63-,65-,66-,67-,70-/m1/s1. The van der Waals surface area contributed by atoms with Gasteiger partial charge in [-0.3, -0.25) is 14.4 Å². The van der Waals surface area contributed by atoms with Crippen LogP contribution in [0.25, 0.3) is 10.4 Å². The van der Waals surface area contributed by atoms with E-state index in [1.54, 1.807) is 44.2 Å². The number of carbonyl (C=O) groups excluding carboxylic acids is 6. The van der Waals surface area contributed by atoms with Gasteiger partial charge in [0.15, 0.2) is 0 Å². The van der Waals surface area contributed by atoms with Crippen LogP contribution in [0.5, 0.6) is 5.75 Å². The van der Waals surface area contributed by atoms with Gasteiger partial charge >= 0.3 is 485 Å². The fourth-order valence-electron chi connectivity index (χ4n) is 12.4. The predicted octanol–water partition coefficient (Wildman–Crippen LogP) is 7.56. The number of hydrogen-bond donors (Lipinski definition) is 2. The first-order valence-corrected chi connectivity index (χ1v) is 36.3. The van der Waals surface area contributed by atoms with Crippen LogP contribution in [0, 0.1) is 0 Å². The van der Waals surface area contributed by atoms with E-state index in [2.05, 4.69) is 26.1 Å². The molecule has 4 aliphatic heterocycles. The van der Waals surface area contributed by atoms with Crippen molar-refractivity contribution in [1.29, 1.82) is 0 Å². The Labute approximate surface area is 606 Å². The molecule has 2 N–H and O–H groups in total. The quantitative estimate of drug-likeness (QED) is 0.00744. The molecule has 0 amide bonds. The third kappa shape index (κ3) is 26.0. The first kappa shape index (κ1) is 86.1. The van der Waals surface area contributed by atoms with Crippen molar-refractivity contribution >= 4 is 58.5 Å². The average Bonchev–Trinajstić information content (AvgIpc) is 1.69. The molecule has 4 heterocycles. The number of aryl methyl sites for hydroxylation is 1. The van der Waals surface area contributed by atoms with E-state index in [1.165, 1.54) is 32.8 Å². The van der Waals surface area contributed by atoms with Gasteiger partial charge in [-0.1, -0.05) is 45.4 Å². The second kappa shape index (κ2) is 43.7. The third-order valence-electron chi connectivity index (χ3n) is 17.4. The van der Waals surface area contributed by atoms with Crippen LogP contribution < -0.4 is 4.74 Å². The number of aliphatic hydroxyl groups excluding tert-OH is 2. The molecule has 0 aromatic heterocycles. The summed E-state index contributed by atoms with van der Waals surface area (Å²) >= 11 is 0. The van der Waals surface area contributed by atoms with Gasteiger partial charge in [0, 0.05) is 20.8 Å². The molecule has 30 nitrogen and oxygen atoms in total. The number of ether oxygens (including phenoxy) is 18. The van der Waals surface area contributed by atoms with Crippen molar-refractivity contribution in [3.05, 3.63) is 76.2 Å². The molecule has 4 saturated heterocycles. The van der Waals surface area contributed by atoms with Crippen LogP contribution in [0.4, 0.5) is 0 Å². The Morgan fingerprint density at radius 3 is 2.02 bits per heavy atom. The molecule has 0 spiro atoms. The number of nitrogens with zero attached hydrogens (tertiary/aromatic N) is 3. The van der Waals surface area contributed by atoms with Gasteiger partial charge in [-0.15, -0.1) is 0 Å². The summed E-state index contributed by atoms with van der Waals surface area (Å²) in [6, 6.07) is 13.4. The number of hydrogen-bond acceptors (Lipinski definition) is 28. The van der Waals surface area contributed by atoms with Crippen LogP contribution in [0.3, 0.4) is 0 Å². The molecule has 103 heavy (non-hydrogen) atoms. The van der Waals surface area contributed by atoms with Crippen molar-refractivity contribution in [2.24, 2.45) is 5.11 Å². The predicted molar refractivity (Wildman–Crippen MR) is 371 cm³/mol. The molecule has 8 unspecified atom stereocenters. The molecule has 6 rings (SSSR count). The van der Waals surface area contributed by atoms with E-state index in [0.717, 1.165) is 58.9 Å². The van der Waals surface area contributed by atoms with Crippen molar-refractivity contribution in [1.82, 2.24) is 0 Å². The molecule has 0 bridgehead atoms. The molecule has 4 aliphatic rings. The first-order valence-electron chi connectivity index (χ1n) is 35.7. The summed E-state index contributed by atoms with van der Waals surface area (Å²) in [6.45, 7) is 18.0. The van der Waals surface area contributed by atoms with Crippen molar-refractivity contribution in [3.8, 4) is 5.75 Å². The van der Waals surface area contributed by atoms with Gasteiger partial charge in [0.2, 0.25) is 0 Å². The summed E-state index contributed by atoms with van der Waals surface area (Å²) in [5, 5.41) is 28.6. The van der Waals surface area contributed by atoms with E-state index in [0.29, 0.717) is 38.5 Å². The summed E-state index contributed by atoms with van der Waals surface area (Å²) in [5.41, 5.74) is 11.4. The van der Waals surface area contributed by atoms with Gasteiger partial charge in [0.05, 0.1) is 7.11 Å². The monoisotopic (exact) mass is 1470 g/mol. The molecular formula is C70H106B2N3O27P. The second-order valence-electron chi connectivity index (χ2n) is 26.0. The summed E-state index contributed by atoms with van der Waals surface area (Å²) in [4.78, 5) is 85.0. The topological polar surface area (TPSA) is 367 Å². The summed E-state index contributed by atoms with van der Waals surface area (Å²) in [6.07, 6.45) is -22.5. The van der Waals surface area contributed by atoms with Crippen molar-refractivity contribution in [2.75, 3.05) is 46.8 Å². The average molecular weight is 1470 g/mol. The summed E-state index contributed by atoms with van der Waals surface area (Å²) < 4.78 is 122. The van der Waals surface area contributed by atoms with Gasteiger partial charge in [0.25, 0.3) is 0 Å². The Kier molecular flexibility index (Phi) is 36.6. The number of unbranched alkanes of at least 4 members (excludes halogenated alkanes) is 4. The van der Waals surface area contributed by atoms with Gasteiger partial charge in [0.1, 0.15) is 0 Å². The van der Waals surface area contributed by atoms with Crippen LogP contribution in [0.2, 0.25) is 0 Å². The number of aliphatic hydroxyl groups is 2. The molecule has 2 aromatic carbocycles. The van der Waals surface area contributed by atoms with Gasteiger partial charge in [-0.25, -0.2) is 0 Å². The van der Waals surface area contributed by atoms with E-state index in [1.807, 2.05) is 39.8 Å². The maximum absolute atomic E-state index is 14.7. The molecular weight excluding hydrogens is 1370 g/mol. The Bertz CT molecular complexity index is 3010. The second-order valence-corrected chi connectivity index (χ2v) is 26.4. The fraction of sp³-hybridized carbons (Fsp3) is 0.743. The molecule has 33 heteroatoms. The molecule has 2 aromatic rings. The van der Waals surface area contributed by atoms with E-state index in [4.69, 9.17) is 89.9 Å². The van der Waals surface area contributed by atoms with Crippen molar-refractivity contribution in [3.63, 3.8) is 0 Å². The normalized spacial score (nSPS) is 27.7. The van der Waals surface area contributed by atoms with E-state index in [9.17, 15) is 44.5 Å². The van der Waals surface area contributed by atoms with E-state index >= 15 is 0 Å². The van der Waals surface area contributed by atoms with Crippen LogP contribution in [0.1, 0.15) is 169 Å². The van der Waals surface area contributed by atoms with Crippen molar-refractivity contribution < 1.29 is 129 Å². The number of carbonyl (C=O) groups is 6. The van der Waals surface area contributed by atoms with E-state index in [-0.39, 0.29) is 50.6 Å². The van der Waals surface area contributed by atoms with Gasteiger partial charge in [-0.05, 0) is 30.5 Å².